The number of nitrogens with one attached hydrogen (secondary N) is 3. The highest BCUT2D eigenvalue weighted by atomic mass is 16.2. The van der Waals surface area contributed by atoms with Crippen molar-refractivity contribution in [2.75, 3.05) is 5.73 Å². The standard InChI is InChI=1S/C21H24N6O/c22-9-14-16(24)7-8-17-18(14)12-3-1-2-4-13(12)20(27-17)15(10-23)19(25)21(28)26-11-5-6-11/h7-11,22-23H,1-6,24-25H2,(H,26,28). The Hall–Kier alpha value is -3.22. The largest absolute Gasteiger partial charge is 0.398 e. The Bertz CT molecular complexity index is 1040. The van der Waals surface area contributed by atoms with Gasteiger partial charge in [-0.3, -0.25) is 4.79 Å². The number of nitrogens with zero attached hydrogens (tertiary/aromatic N) is 1. The van der Waals surface area contributed by atoms with E-state index in [2.05, 4.69) is 5.32 Å². The number of hydrogen-bond acceptors (Lipinski definition) is 6. The molecule has 1 heterocycles. The smallest absolute Gasteiger partial charge is 0.268 e. The summed E-state index contributed by atoms with van der Waals surface area (Å²) >= 11 is 0. The Morgan fingerprint density at radius 2 is 1.89 bits per heavy atom. The second-order valence-corrected chi connectivity index (χ2v) is 7.45. The topological polar surface area (TPSA) is 142 Å². The number of aryl methyl sites for hydroxylation is 1. The molecule has 0 unspecified atom stereocenters. The predicted molar refractivity (Wildman–Crippen MR) is 112 cm³/mol. The summed E-state index contributed by atoms with van der Waals surface area (Å²) < 4.78 is 0. The van der Waals surface area contributed by atoms with E-state index in [0.717, 1.165) is 61.3 Å². The highest BCUT2D eigenvalue weighted by Gasteiger charge is 2.27. The second kappa shape index (κ2) is 7.07. The van der Waals surface area contributed by atoms with Gasteiger partial charge in [0.15, 0.2) is 0 Å². The van der Waals surface area contributed by atoms with Crippen LogP contribution in [0.4, 0.5) is 5.69 Å². The Kier molecular flexibility index (Phi) is 4.58. The van der Waals surface area contributed by atoms with E-state index in [4.69, 9.17) is 27.3 Å². The molecule has 1 fully saturated rings. The number of aromatic nitrogens is 1. The van der Waals surface area contributed by atoms with Crippen LogP contribution in [-0.4, -0.2) is 29.4 Å². The Balaban J connectivity index is 1.96. The van der Waals surface area contributed by atoms with Gasteiger partial charge in [0.1, 0.15) is 5.70 Å². The highest BCUT2D eigenvalue weighted by molar-refractivity contribution is 6.18. The summed E-state index contributed by atoms with van der Waals surface area (Å²) in [7, 11) is 0. The van der Waals surface area contributed by atoms with Crippen molar-refractivity contribution in [1.82, 2.24) is 10.3 Å². The normalized spacial score (nSPS) is 16.9. The molecule has 28 heavy (non-hydrogen) atoms. The van der Waals surface area contributed by atoms with Crippen LogP contribution in [0.25, 0.3) is 16.5 Å². The number of pyridine rings is 1. The summed E-state index contributed by atoms with van der Waals surface area (Å²) in [5.74, 6) is -0.343. The molecule has 0 aliphatic heterocycles. The molecule has 4 rings (SSSR count). The third-order valence-corrected chi connectivity index (χ3v) is 5.54. The third-order valence-electron chi connectivity index (χ3n) is 5.54. The maximum Gasteiger partial charge on any atom is 0.268 e. The van der Waals surface area contributed by atoms with Crippen molar-refractivity contribution in [3.63, 3.8) is 0 Å². The summed E-state index contributed by atoms with van der Waals surface area (Å²) in [6.07, 6.45) is 8.04. The van der Waals surface area contributed by atoms with Gasteiger partial charge in [-0.25, -0.2) is 4.98 Å². The number of benzene rings is 1. The SMILES string of the molecule is N=CC(=C(N)C(=O)NC1CC1)c1nc2ccc(N)c(C=N)c2c2c1CCCC2. The number of amides is 1. The molecule has 2 aromatic rings. The Morgan fingerprint density at radius 3 is 2.54 bits per heavy atom. The molecule has 0 atom stereocenters. The van der Waals surface area contributed by atoms with Crippen molar-refractivity contribution >= 4 is 40.5 Å². The number of nitrogens with two attached hydrogens (primary N) is 2. The van der Waals surface area contributed by atoms with Gasteiger partial charge < -0.3 is 27.6 Å². The lowest BCUT2D eigenvalue weighted by Gasteiger charge is -2.23. The van der Waals surface area contributed by atoms with Crippen molar-refractivity contribution in [3.05, 3.63) is 40.2 Å². The molecule has 2 aliphatic rings. The van der Waals surface area contributed by atoms with Crippen LogP contribution in [0.1, 0.15) is 48.1 Å². The van der Waals surface area contributed by atoms with Crippen LogP contribution >= 0.6 is 0 Å². The molecule has 1 amide bonds. The van der Waals surface area contributed by atoms with E-state index >= 15 is 0 Å². The van der Waals surface area contributed by atoms with Crippen LogP contribution < -0.4 is 16.8 Å². The lowest BCUT2D eigenvalue weighted by atomic mass is 9.84. The third kappa shape index (κ3) is 3.02. The number of allylic oxidation sites excluding steroid dienone is 1. The average molecular weight is 376 g/mol. The van der Waals surface area contributed by atoms with Crippen LogP contribution in [0.3, 0.4) is 0 Å². The zero-order valence-electron chi connectivity index (χ0n) is 15.6. The van der Waals surface area contributed by atoms with Gasteiger partial charge in [-0.15, -0.1) is 0 Å². The molecule has 144 valence electrons. The van der Waals surface area contributed by atoms with Crippen LogP contribution in [0.2, 0.25) is 0 Å². The fourth-order valence-corrected chi connectivity index (χ4v) is 3.93. The number of nitrogen functional groups attached to an aromatic ring is 1. The molecule has 7 N–H and O–H groups in total. The number of fused-ring (bicyclic) bond motifs is 3. The van der Waals surface area contributed by atoms with Gasteiger partial charge in [-0.05, 0) is 61.8 Å². The van der Waals surface area contributed by atoms with E-state index in [1.165, 1.54) is 6.21 Å². The van der Waals surface area contributed by atoms with Crippen molar-refractivity contribution in [2.24, 2.45) is 5.73 Å². The van der Waals surface area contributed by atoms with Gasteiger partial charge in [-0.1, -0.05) is 0 Å². The van der Waals surface area contributed by atoms with Crippen molar-refractivity contribution in [3.8, 4) is 0 Å². The van der Waals surface area contributed by atoms with Gasteiger partial charge in [-0.2, -0.15) is 0 Å². The maximum atomic E-state index is 12.5. The molecular formula is C21H24N6O. The molecule has 0 spiro atoms. The number of hydrogen-bond donors (Lipinski definition) is 5. The first kappa shape index (κ1) is 18.2. The van der Waals surface area contributed by atoms with Crippen molar-refractivity contribution < 1.29 is 4.79 Å². The summed E-state index contributed by atoms with van der Waals surface area (Å²) in [6.45, 7) is 0. The minimum absolute atomic E-state index is 0.0317. The van der Waals surface area contributed by atoms with Gasteiger partial charge >= 0.3 is 0 Å². The molecule has 7 nitrogen and oxygen atoms in total. The summed E-state index contributed by atoms with van der Waals surface area (Å²) in [6, 6.07) is 3.76. The number of anilines is 1. The molecule has 1 saturated carbocycles. The highest BCUT2D eigenvalue weighted by Crippen LogP contribution is 2.36. The van der Waals surface area contributed by atoms with Crippen molar-refractivity contribution in [1.29, 1.82) is 10.8 Å². The van der Waals surface area contributed by atoms with Gasteiger partial charge in [0.25, 0.3) is 5.91 Å². The lowest BCUT2D eigenvalue weighted by Crippen LogP contribution is -2.31. The molecule has 2 aliphatic carbocycles. The molecule has 1 aromatic carbocycles. The minimum atomic E-state index is -0.343. The zero-order valence-corrected chi connectivity index (χ0v) is 15.6. The molecule has 0 radical (unpaired) electrons. The van der Waals surface area contributed by atoms with Crippen molar-refractivity contribution in [2.45, 2.75) is 44.6 Å². The quantitative estimate of drug-likeness (QED) is 0.310. The monoisotopic (exact) mass is 376 g/mol. The van der Waals surface area contributed by atoms with Crippen LogP contribution in [0, 0.1) is 10.8 Å². The zero-order chi connectivity index (χ0) is 19.8. The lowest BCUT2D eigenvalue weighted by molar-refractivity contribution is -0.117. The Morgan fingerprint density at radius 1 is 1.18 bits per heavy atom. The first-order chi connectivity index (χ1) is 13.5. The first-order valence-electron chi connectivity index (χ1n) is 9.61. The van der Waals surface area contributed by atoms with E-state index in [1.54, 1.807) is 6.07 Å². The van der Waals surface area contributed by atoms with Gasteiger partial charge in [0.05, 0.1) is 11.2 Å². The maximum absolute atomic E-state index is 12.5. The fraction of sp³-hybridized carbons (Fsp3) is 0.333. The molecule has 0 saturated heterocycles. The molecule has 7 heteroatoms. The number of carbonyl (C=O) groups excluding carboxylic acids is 1. The fourth-order valence-electron chi connectivity index (χ4n) is 3.93. The van der Waals surface area contributed by atoms with E-state index in [1.807, 2.05) is 6.07 Å². The summed E-state index contributed by atoms with van der Waals surface area (Å²) in [4.78, 5) is 17.3. The molecule has 1 aromatic heterocycles. The second-order valence-electron chi connectivity index (χ2n) is 7.45. The summed E-state index contributed by atoms with van der Waals surface area (Å²) in [5.41, 5.74) is 17.3. The van der Waals surface area contributed by atoms with Gasteiger partial charge in [0.2, 0.25) is 0 Å². The average Bonchev–Trinajstić information content (AvgIpc) is 3.52. The van der Waals surface area contributed by atoms with Gasteiger partial charge in [0, 0.05) is 40.7 Å². The van der Waals surface area contributed by atoms with E-state index in [0.29, 0.717) is 28.0 Å². The van der Waals surface area contributed by atoms with Crippen LogP contribution in [0.5, 0.6) is 0 Å². The Labute approximate surface area is 163 Å². The molecule has 0 bridgehead atoms. The van der Waals surface area contributed by atoms with Crippen LogP contribution in [-0.2, 0) is 17.6 Å². The number of rotatable bonds is 5. The first-order valence-corrected chi connectivity index (χ1v) is 9.61. The molecular weight excluding hydrogens is 352 g/mol. The van der Waals surface area contributed by atoms with E-state index in [-0.39, 0.29) is 17.6 Å². The van der Waals surface area contributed by atoms with Crippen LogP contribution in [0.15, 0.2) is 17.8 Å². The predicted octanol–water partition coefficient (Wildman–Crippen LogP) is 2.29. The minimum Gasteiger partial charge on any atom is -0.398 e. The van der Waals surface area contributed by atoms with E-state index in [9.17, 15) is 4.79 Å². The number of carbonyl (C=O) groups is 1. The summed E-state index contributed by atoms with van der Waals surface area (Å²) in [5, 5.41) is 19.5. The van der Waals surface area contributed by atoms with E-state index < -0.39 is 0 Å².